The zero-order valence-electron chi connectivity index (χ0n) is 11.3. The van der Waals surface area contributed by atoms with E-state index in [0.29, 0.717) is 17.3 Å². The van der Waals surface area contributed by atoms with Crippen LogP contribution in [0.1, 0.15) is 37.1 Å². The van der Waals surface area contributed by atoms with Crippen molar-refractivity contribution in [3.63, 3.8) is 0 Å². The summed E-state index contributed by atoms with van der Waals surface area (Å²) < 4.78 is 25.0. The molecule has 2 saturated carbocycles. The van der Waals surface area contributed by atoms with Crippen LogP contribution >= 0.6 is 10.7 Å². The van der Waals surface area contributed by atoms with Crippen LogP contribution in [-0.4, -0.2) is 18.2 Å². The molecular formula is C13H19ClN2O2S. The van der Waals surface area contributed by atoms with E-state index in [4.69, 9.17) is 10.7 Å². The van der Waals surface area contributed by atoms with E-state index in [1.165, 1.54) is 25.7 Å². The lowest BCUT2D eigenvalue weighted by atomic mass is 9.89. The minimum Gasteiger partial charge on any atom is -0.268 e. The Balaban J connectivity index is 1.87. The van der Waals surface area contributed by atoms with E-state index in [1.54, 1.807) is 13.8 Å². The van der Waals surface area contributed by atoms with Gasteiger partial charge in [-0.1, -0.05) is 6.42 Å². The number of nitrogens with zero attached hydrogens (tertiary/aromatic N) is 2. The second-order valence-corrected chi connectivity index (χ2v) is 8.56. The molecule has 19 heavy (non-hydrogen) atoms. The molecule has 3 atom stereocenters. The van der Waals surface area contributed by atoms with Gasteiger partial charge in [0.2, 0.25) is 0 Å². The summed E-state index contributed by atoms with van der Waals surface area (Å²) in [6.45, 7) is 4.34. The highest BCUT2D eigenvalue weighted by Gasteiger charge is 2.40. The number of hydrogen-bond acceptors (Lipinski definition) is 3. The summed E-state index contributed by atoms with van der Waals surface area (Å²) in [6.07, 6.45) is 5.32. The molecule has 0 saturated heterocycles. The average Bonchev–Trinajstić information content (AvgIpc) is 2.93. The summed E-state index contributed by atoms with van der Waals surface area (Å²) in [4.78, 5) is 0.192. The predicted molar refractivity (Wildman–Crippen MR) is 73.7 cm³/mol. The lowest BCUT2D eigenvalue weighted by Crippen LogP contribution is -2.19. The van der Waals surface area contributed by atoms with E-state index in [9.17, 15) is 8.42 Å². The molecule has 6 heteroatoms. The molecule has 2 aliphatic rings. The Kier molecular flexibility index (Phi) is 3.17. The van der Waals surface area contributed by atoms with Crippen LogP contribution in [0.15, 0.2) is 4.90 Å². The van der Waals surface area contributed by atoms with Gasteiger partial charge in [0.15, 0.2) is 0 Å². The highest BCUT2D eigenvalue weighted by Crippen LogP contribution is 2.48. The molecule has 2 fully saturated rings. The lowest BCUT2D eigenvalue weighted by Gasteiger charge is -2.22. The molecule has 3 rings (SSSR count). The molecule has 2 bridgehead atoms. The summed E-state index contributed by atoms with van der Waals surface area (Å²) in [5, 5.41) is 4.38. The Morgan fingerprint density at radius 2 is 2.05 bits per heavy atom. The Morgan fingerprint density at radius 1 is 1.32 bits per heavy atom. The molecule has 1 aromatic rings. The van der Waals surface area contributed by atoms with Gasteiger partial charge >= 0.3 is 0 Å². The van der Waals surface area contributed by atoms with E-state index in [1.807, 2.05) is 4.68 Å². The molecule has 1 aromatic heterocycles. The Bertz CT molecular complexity index is 608. The number of rotatable bonds is 3. The molecule has 3 unspecified atom stereocenters. The van der Waals surface area contributed by atoms with E-state index >= 15 is 0 Å². The first-order valence-corrected chi connectivity index (χ1v) is 9.16. The maximum Gasteiger partial charge on any atom is 0.264 e. The molecule has 4 nitrogen and oxygen atoms in total. The highest BCUT2D eigenvalue weighted by atomic mass is 35.7. The van der Waals surface area contributed by atoms with Gasteiger partial charge in [0.1, 0.15) is 4.90 Å². The standard InChI is InChI=1S/C13H19ClN2O2S/c1-8-13(19(14,17)18)9(2)16(15-8)7-12-6-10-3-4-11(12)5-10/h10-12H,3-7H2,1-2H3. The van der Waals surface area contributed by atoms with E-state index in [0.717, 1.165) is 18.4 Å². The third-order valence-corrected chi connectivity index (χ3v) is 6.39. The summed E-state index contributed by atoms with van der Waals surface area (Å²) in [5.74, 6) is 2.36. The molecule has 0 N–H and O–H groups in total. The second kappa shape index (κ2) is 4.48. The van der Waals surface area contributed by atoms with Crippen LogP contribution in [0.25, 0.3) is 0 Å². The van der Waals surface area contributed by atoms with Gasteiger partial charge in [0, 0.05) is 17.2 Å². The molecule has 106 valence electrons. The van der Waals surface area contributed by atoms with Crippen molar-refractivity contribution in [1.82, 2.24) is 9.78 Å². The Morgan fingerprint density at radius 3 is 2.53 bits per heavy atom. The first kappa shape index (κ1) is 13.4. The minimum atomic E-state index is -3.70. The fourth-order valence-electron chi connectivity index (χ4n) is 4.03. The first-order chi connectivity index (χ1) is 8.86. The molecule has 1 heterocycles. The normalized spacial score (nSPS) is 30.2. The van der Waals surface area contributed by atoms with Crippen molar-refractivity contribution < 1.29 is 8.42 Å². The molecule has 0 amide bonds. The van der Waals surface area contributed by atoms with Crippen LogP contribution < -0.4 is 0 Å². The summed E-state index contributed by atoms with van der Waals surface area (Å²) in [6, 6.07) is 0. The fourth-order valence-corrected chi connectivity index (χ4v) is 5.56. The van der Waals surface area contributed by atoms with Gasteiger partial charge in [0.25, 0.3) is 9.05 Å². The van der Waals surface area contributed by atoms with Crippen LogP contribution in [0.5, 0.6) is 0 Å². The fraction of sp³-hybridized carbons (Fsp3) is 0.769. The van der Waals surface area contributed by atoms with Crippen molar-refractivity contribution in [2.75, 3.05) is 0 Å². The van der Waals surface area contributed by atoms with Crippen molar-refractivity contribution in [3.8, 4) is 0 Å². The van der Waals surface area contributed by atoms with Gasteiger partial charge in [-0.25, -0.2) is 8.42 Å². The maximum absolute atomic E-state index is 11.6. The SMILES string of the molecule is Cc1nn(CC2CC3CCC2C3)c(C)c1S(=O)(=O)Cl. The van der Waals surface area contributed by atoms with Crippen LogP contribution in [-0.2, 0) is 15.6 Å². The van der Waals surface area contributed by atoms with Gasteiger partial charge in [0.05, 0.1) is 11.4 Å². The summed E-state index contributed by atoms with van der Waals surface area (Å²) in [5.41, 5.74) is 1.19. The van der Waals surface area contributed by atoms with Crippen molar-refractivity contribution in [1.29, 1.82) is 0 Å². The van der Waals surface area contributed by atoms with Crippen molar-refractivity contribution in [2.45, 2.75) is 51.0 Å². The number of fused-ring (bicyclic) bond motifs is 2. The predicted octanol–water partition coefficient (Wildman–Crippen LogP) is 2.86. The van der Waals surface area contributed by atoms with Crippen LogP contribution in [0.3, 0.4) is 0 Å². The zero-order valence-corrected chi connectivity index (χ0v) is 12.8. The largest absolute Gasteiger partial charge is 0.268 e. The smallest absolute Gasteiger partial charge is 0.264 e. The van der Waals surface area contributed by atoms with Gasteiger partial charge in [-0.15, -0.1) is 0 Å². The van der Waals surface area contributed by atoms with E-state index < -0.39 is 9.05 Å². The Labute approximate surface area is 118 Å². The van der Waals surface area contributed by atoms with Crippen LogP contribution in [0.4, 0.5) is 0 Å². The van der Waals surface area contributed by atoms with E-state index in [2.05, 4.69) is 5.10 Å². The number of aromatic nitrogens is 2. The van der Waals surface area contributed by atoms with Crippen LogP contribution in [0.2, 0.25) is 0 Å². The number of aryl methyl sites for hydroxylation is 1. The van der Waals surface area contributed by atoms with E-state index in [-0.39, 0.29) is 4.90 Å². The summed E-state index contributed by atoms with van der Waals surface area (Å²) in [7, 11) is 1.78. The lowest BCUT2D eigenvalue weighted by molar-refractivity contribution is 0.283. The Hall–Kier alpha value is -0.550. The van der Waals surface area contributed by atoms with Crippen LogP contribution in [0, 0.1) is 31.6 Å². The average molecular weight is 303 g/mol. The third-order valence-electron chi connectivity index (χ3n) is 4.85. The molecular weight excluding hydrogens is 284 g/mol. The van der Waals surface area contributed by atoms with Gasteiger partial charge in [-0.05, 0) is 50.9 Å². The van der Waals surface area contributed by atoms with Gasteiger partial charge in [-0.3, -0.25) is 4.68 Å². The topological polar surface area (TPSA) is 52.0 Å². The monoisotopic (exact) mass is 302 g/mol. The molecule has 2 aliphatic carbocycles. The number of hydrogen-bond donors (Lipinski definition) is 0. The second-order valence-electron chi connectivity index (χ2n) is 6.05. The third kappa shape index (κ3) is 2.31. The highest BCUT2D eigenvalue weighted by molar-refractivity contribution is 8.13. The molecule has 0 radical (unpaired) electrons. The van der Waals surface area contributed by atoms with Gasteiger partial charge in [-0.2, -0.15) is 5.10 Å². The maximum atomic E-state index is 11.6. The quantitative estimate of drug-likeness (QED) is 0.807. The number of halogens is 1. The minimum absolute atomic E-state index is 0.192. The van der Waals surface area contributed by atoms with Crippen molar-refractivity contribution in [2.24, 2.45) is 17.8 Å². The van der Waals surface area contributed by atoms with Gasteiger partial charge < -0.3 is 0 Å². The molecule has 0 aliphatic heterocycles. The van der Waals surface area contributed by atoms with Crippen molar-refractivity contribution >= 4 is 19.7 Å². The zero-order chi connectivity index (χ0) is 13.8. The molecule has 0 aromatic carbocycles. The first-order valence-electron chi connectivity index (χ1n) is 6.85. The summed E-state index contributed by atoms with van der Waals surface area (Å²) >= 11 is 0. The van der Waals surface area contributed by atoms with Crippen molar-refractivity contribution in [3.05, 3.63) is 11.4 Å². The molecule has 0 spiro atoms.